The van der Waals surface area contributed by atoms with Gasteiger partial charge in [0, 0.05) is 31.2 Å². The molecule has 1 saturated heterocycles. The van der Waals surface area contributed by atoms with E-state index in [1.807, 2.05) is 0 Å². The molecule has 0 bridgehead atoms. The monoisotopic (exact) mass is 223 g/mol. The molecule has 0 aromatic heterocycles. The van der Waals surface area contributed by atoms with Crippen LogP contribution in [0.2, 0.25) is 0 Å². The standard InChI is InChI=1S/C13H25N3/c1-10(2)15-9-13(7-14-6)16(11(3)4)8-12(15)5/h10-13H,7-9H2,1-5H3/t12-,13+/m0/s1. The van der Waals surface area contributed by atoms with Crippen LogP contribution in [0.15, 0.2) is 0 Å². The zero-order valence-electron chi connectivity index (χ0n) is 11.3. The molecule has 0 unspecified atom stereocenters. The quantitative estimate of drug-likeness (QED) is 0.679. The van der Waals surface area contributed by atoms with E-state index < -0.39 is 0 Å². The van der Waals surface area contributed by atoms with Crippen LogP contribution in [-0.2, 0) is 0 Å². The van der Waals surface area contributed by atoms with E-state index in [1.54, 1.807) is 0 Å². The molecule has 3 nitrogen and oxygen atoms in total. The zero-order valence-corrected chi connectivity index (χ0v) is 11.3. The summed E-state index contributed by atoms with van der Waals surface area (Å²) in [6, 6.07) is 2.14. The van der Waals surface area contributed by atoms with Crippen LogP contribution in [0.5, 0.6) is 0 Å². The van der Waals surface area contributed by atoms with Crippen LogP contribution in [0.25, 0.3) is 4.85 Å². The van der Waals surface area contributed by atoms with Crippen molar-refractivity contribution in [2.45, 2.75) is 58.8 Å². The molecule has 0 aliphatic carbocycles. The molecule has 16 heavy (non-hydrogen) atoms. The minimum Gasteiger partial charge on any atom is -0.315 e. The molecule has 2 atom stereocenters. The lowest BCUT2D eigenvalue weighted by Crippen LogP contribution is -2.61. The Morgan fingerprint density at radius 1 is 1.12 bits per heavy atom. The lowest BCUT2D eigenvalue weighted by atomic mass is 10.0. The third kappa shape index (κ3) is 2.96. The number of nitrogens with zero attached hydrogens (tertiary/aromatic N) is 3. The van der Waals surface area contributed by atoms with Gasteiger partial charge in [-0.3, -0.25) is 9.80 Å². The minimum absolute atomic E-state index is 0.413. The van der Waals surface area contributed by atoms with Gasteiger partial charge in [0.1, 0.15) is 0 Å². The zero-order chi connectivity index (χ0) is 12.3. The van der Waals surface area contributed by atoms with Crippen molar-refractivity contribution >= 4 is 0 Å². The van der Waals surface area contributed by atoms with Gasteiger partial charge in [-0.1, -0.05) is 0 Å². The summed E-state index contributed by atoms with van der Waals surface area (Å²) in [5.41, 5.74) is 0. The molecule has 1 aliphatic heterocycles. The molecule has 92 valence electrons. The Labute approximate surface area is 100 Å². The predicted octanol–water partition coefficient (Wildman–Crippen LogP) is 2.10. The Bertz CT molecular complexity index is 254. The van der Waals surface area contributed by atoms with Crippen molar-refractivity contribution in [3.8, 4) is 0 Å². The molecule has 1 heterocycles. The van der Waals surface area contributed by atoms with Crippen LogP contribution in [0, 0.1) is 6.57 Å². The van der Waals surface area contributed by atoms with Crippen molar-refractivity contribution < 1.29 is 0 Å². The Morgan fingerprint density at radius 3 is 2.12 bits per heavy atom. The summed E-state index contributed by atoms with van der Waals surface area (Å²) in [5, 5.41) is 0. The lowest BCUT2D eigenvalue weighted by molar-refractivity contribution is 0.00641. The first-order valence-corrected chi connectivity index (χ1v) is 6.32. The van der Waals surface area contributed by atoms with E-state index in [2.05, 4.69) is 49.3 Å². The molecule has 0 N–H and O–H groups in total. The van der Waals surface area contributed by atoms with Gasteiger partial charge in [0.05, 0.1) is 6.04 Å². The van der Waals surface area contributed by atoms with E-state index in [1.165, 1.54) is 0 Å². The average Bonchev–Trinajstić information content (AvgIpc) is 2.19. The van der Waals surface area contributed by atoms with Gasteiger partial charge < -0.3 is 4.85 Å². The third-order valence-corrected chi connectivity index (χ3v) is 3.56. The van der Waals surface area contributed by atoms with Crippen molar-refractivity contribution in [2.75, 3.05) is 19.6 Å². The molecule has 3 heteroatoms. The minimum atomic E-state index is 0.413. The molecule has 1 rings (SSSR count). The SMILES string of the molecule is [C-]#[N+]C[C@@H]1CN(C(C)C)[C@@H](C)CN1C(C)C. The highest BCUT2D eigenvalue weighted by Crippen LogP contribution is 2.20. The van der Waals surface area contributed by atoms with Crippen LogP contribution >= 0.6 is 0 Å². The molecule has 0 saturated carbocycles. The van der Waals surface area contributed by atoms with Gasteiger partial charge in [-0.15, -0.1) is 0 Å². The topological polar surface area (TPSA) is 10.8 Å². The van der Waals surface area contributed by atoms with Crippen molar-refractivity contribution in [3.63, 3.8) is 0 Å². The first-order chi connectivity index (χ1) is 7.47. The van der Waals surface area contributed by atoms with Crippen LogP contribution in [-0.4, -0.2) is 53.6 Å². The third-order valence-electron chi connectivity index (χ3n) is 3.56. The number of hydrogen-bond donors (Lipinski definition) is 0. The highest BCUT2D eigenvalue weighted by molar-refractivity contribution is 4.92. The van der Waals surface area contributed by atoms with Crippen LogP contribution in [0.3, 0.4) is 0 Å². The highest BCUT2D eigenvalue weighted by atomic mass is 15.3. The van der Waals surface area contributed by atoms with E-state index >= 15 is 0 Å². The second-order valence-electron chi connectivity index (χ2n) is 5.42. The summed E-state index contributed by atoms with van der Waals surface area (Å²) in [6.45, 7) is 21.1. The van der Waals surface area contributed by atoms with Gasteiger partial charge in [-0.2, -0.15) is 0 Å². The van der Waals surface area contributed by atoms with Gasteiger partial charge in [0.15, 0.2) is 0 Å². The Morgan fingerprint density at radius 2 is 1.69 bits per heavy atom. The fraction of sp³-hybridized carbons (Fsp3) is 0.923. The maximum atomic E-state index is 7.07. The Balaban J connectivity index is 2.74. The molecule has 0 radical (unpaired) electrons. The first-order valence-electron chi connectivity index (χ1n) is 6.32. The summed E-state index contributed by atoms with van der Waals surface area (Å²) in [5.74, 6) is 0. The van der Waals surface area contributed by atoms with Gasteiger partial charge in [0.2, 0.25) is 6.54 Å². The smallest absolute Gasteiger partial charge is 0.231 e. The van der Waals surface area contributed by atoms with Gasteiger partial charge in [-0.25, -0.2) is 6.57 Å². The molecule has 0 amide bonds. The fourth-order valence-electron chi connectivity index (χ4n) is 2.71. The van der Waals surface area contributed by atoms with E-state index in [0.717, 1.165) is 13.1 Å². The summed E-state index contributed by atoms with van der Waals surface area (Å²) < 4.78 is 0. The molecule has 1 aliphatic rings. The molecule has 0 aromatic rings. The van der Waals surface area contributed by atoms with Crippen LogP contribution in [0.4, 0.5) is 0 Å². The van der Waals surface area contributed by atoms with Gasteiger partial charge in [-0.05, 0) is 34.6 Å². The second-order valence-corrected chi connectivity index (χ2v) is 5.42. The van der Waals surface area contributed by atoms with Crippen molar-refractivity contribution in [3.05, 3.63) is 11.4 Å². The van der Waals surface area contributed by atoms with Crippen molar-refractivity contribution in [1.29, 1.82) is 0 Å². The number of hydrogen-bond acceptors (Lipinski definition) is 2. The number of piperazine rings is 1. The molecule has 0 aromatic carbocycles. The van der Waals surface area contributed by atoms with Crippen LogP contribution < -0.4 is 0 Å². The molecule has 1 fully saturated rings. The normalized spacial score (nSPS) is 28.6. The molecular weight excluding hydrogens is 198 g/mol. The largest absolute Gasteiger partial charge is 0.315 e. The maximum absolute atomic E-state index is 7.07. The fourth-order valence-corrected chi connectivity index (χ4v) is 2.71. The van der Waals surface area contributed by atoms with E-state index in [0.29, 0.717) is 30.7 Å². The second kappa shape index (κ2) is 5.65. The Kier molecular flexibility index (Phi) is 4.76. The molecule has 0 spiro atoms. The number of rotatable bonds is 3. The van der Waals surface area contributed by atoms with E-state index in [4.69, 9.17) is 6.57 Å². The van der Waals surface area contributed by atoms with Gasteiger partial charge >= 0.3 is 0 Å². The van der Waals surface area contributed by atoms with Crippen molar-refractivity contribution in [1.82, 2.24) is 9.80 Å². The Hall–Kier alpha value is -0.590. The van der Waals surface area contributed by atoms with Gasteiger partial charge in [0.25, 0.3) is 0 Å². The van der Waals surface area contributed by atoms with E-state index in [-0.39, 0.29) is 0 Å². The maximum Gasteiger partial charge on any atom is 0.231 e. The first kappa shape index (κ1) is 13.5. The van der Waals surface area contributed by atoms with Crippen molar-refractivity contribution in [2.24, 2.45) is 0 Å². The summed E-state index contributed by atoms with van der Waals surface area (Å²) >= 11 is 0. The summed E-state index contributed by atoms with van der Waals surface area (Å²) in [4.78, 5) is 8.60. The van der Waals surface area contributed by atoms with E-state index in [9.17, 15) is 0 Å². The lowest BCUT2D eigenvalue weighted by Gasteiger charge is -2.47. The molecular formula is C13H25N3. The highest BCUT2D eigenvalue weighted by Gasteiger charge is 2.35. The average molecular weight is 223 g/mol. The summed E-state index contributed by atoms with van der Waals surface area (Å²) in [7, 11) is 0. The summed E-state index contributed by atoms with van der Waals surface area (Å²) in [6.07, 6.45) is 0. The van der Waals surface area contributed by atoms with Crippen LogP contribution in [0.1, 0.15) is 34.6 Å². The predicted molar refractivity (Wildman–Crippen MR) is 68.4 cm³/mol.